The maximum absolute atomic E-state index is 11.3. The van der Waals surface area contributed by atoms with Crippen molar-refractivity contribution in [1.82, 2.24) is 5.32 Å². The standard InChI is InChI=1S/C19H29Cl2NO2/c1-2-22-19(23)4-3-15-24-18-9-7-16(8-10-18)5-6-17(11-13-20)12-14-21/h7-10,17H,2-6,11-15H2,1H3,(H,22,23). The van der Waals surface area contributed by atoms with E-state index in [4.69, 9.17) is 27.9 Å². The first-order chi connectivity index (χ1) is 11.7. The van der Waals surface area contributed by atoms with Crippen molar-refractivity contribution in [2.24, 2.45) is 5.92 Å². The zero-order valence-electron chi connectivity index (χ0n) is 14.5. The van der Waals surface area contributed by atoms with Gasteiger partial charge in [0.15, 0.2) is 0 Å². The third-order valence-corrected chi connectivity index (χ3v) is 4.43. The molecule has 1 amide bonds. The van der Waals surface area contributed by atoms with E-state index in [1.165, 1.54) is 5.56 Å². The lowest BCUT2D eigenvalue weighted by Crippen LogP contribution is -2.22. The number of rotatable bonds is 13. The molecule has 0 saturated heterocycles. The zero-order chi connectivity index (χ0) is 17.6. The van der Waals surface area contributed by atoms with Gasteiger partial charge in [-0.25, -0.2) is 0 Å². The van der Waals surface area contributed by atoms with Crippen LogP contribution >= 0.6 is 23.2 Å². The summed E-state index contributed by atoms with van der Waals surface area (Å²) in [6.07, 6.45) is 5.45. The van der Waals surface area contributed by atoms with Gasteiger partial charge in [0.2, 0.25) is 5.91 Å². The monoisotopic (exact) mass is 373 g/mol. The molecule has 1 aromatic carbocycles. The Morgan fingerprint density at radius 1 is 1.12 bits per heavy atom. The van der Waals surface area contributed by atoms with Gasteiger partial charge in [0.1, 0.15) is 5.75 Å². The van der Waals surface area contributed by atoms with Crippen molar-refractivity contribution in [1.29, 1.82) is 0 Å². The molecule has 0 spiro atoms. The van der Waals surface area contributed by atoms with Crippen molar-refractivity contribution in [3.8, 4) is 5.75 Å². The highest BCUT2D eigenvalue weighted by Gasteiger charge is 2.08. The van der Waals surface area contributed by atoms with E-state index in [2.05, 4.69) is 17.4 Å². The molecule has 136 valence electrons. The van der Waals surface area contributed by atoms with Gasteiger partial charge < -0.3 is 10.1 Å². The fraction of sp³-hybridized carbons (Fsp3) is 0.632. The van der Waals surface area contributed by atoms with Gasteiger partial charge in [-0.05, 0) is 62.6 Å². The number of hydrogen-bond donors (Lipinski definition) is 1. The van der Waals surface area contributed by atoms with E-state index in [9.17, 15) is 4.79 Å². The molecule has 0 aliphatic rings. The minimum atomic E-state index is 0.0832. The van der Waals surface area contributed by atoms with Crippen LogP contribution in [0.2, 0.25) is 0 Å². The largest absolute Gasteiger partial charge is 0.494 e. The first-order valence-electron chi connectivity index (χ1n) is 8.80. The molecule has 24 heavy (non-hydrogen) atoms. The third kappa shape index (κ3) is 9.39. The fourth-order valence-corrected chi connectivity index (χ4v) is 3.19. The number of aryl methyl sites for hydroxylation is 1. The highest BCUT2D eigenvalue weighted by atomic mass is 35.5. The Morgan fingerprint density at radius 2 is 1.79 bits per heavy atom. The van der Waals surface area contributed by atoms with Crippen LogP contribution in [0.25, 0.3) is 0 Å². The predicted octanol–water partition coefficient (Wildman–Crippen LogP) is 4.79. The Bertz CT molecular complexity index is 445. The molecular formula is C19H29Cl2NO2. The zero-order valence-corrected chi connectivity index (χ0v) is 16.0. The Labute approximate surface area is 156 Å². The smallest absolute Gasteiger partial charge is 0.220 e. The van der Waals surface area contributed by atoms with Crippen LogP contribution in [0.15, 0.2) is 24.3 Å². The number of nitrogens with one attached hydrogen (secondary N) is 1. The van der Waals surface area contributed by atoms with E-state index in [0.29, 0.717) is 37.3 Å². The molecule has 0 fully saturated rings. The molecule has 0 unspecified atom stereocenters. The lowest BCUT2D eigenvalue weighted by molar-refractivity contribution is -0.121. The number of amides is 1. The van der Waals surface area contributed by atoms with Crippen molar-refractivity contribution in [2.75, 3.05) is 24.9 Å². The predicted molar refractivity (Wildman–Crippen MR) is 102 cm³/mol. The van der Waals surface area contributed by atoms with Crippen LogP contribution in [-0.4, -0.2) is 30.8 Å². The Balaban J connectivity index is 2.28. The second-order valence-corrected chi connectivity index (χ2v) is 6.67. The lowest BCUT2D eigenvalue weighted by atomic mass is 9.95. The second-order valence-electron chi connectivity index (χ2n) is 5.91. The second kappa shape index (κ2) is 13.4. The minimum Gasteiger partial charge on any atom is -0.494 e. The van der Waals surface area contributed by atoms with Crippen LogP contribution < -0.4 is 10.1 Å². The number of halogens is 2. The summed E-state index contributed by atoms with van der Waals surface area (Å²) >= 11 is 11.7. The van der Waals surface area contributed by atoms with Gasteiger partial charge in [0.25, 0.3) is 0 Å². The molecule has 0 saturated carbocycles. The Hall–Kier alpha value is -0.930. The summed E-state index contributed by atoms with van der Waals surface area (Å²) in [6, 6.07) is 8.22. The Kier molecular flexibility index (Phi) is 11.8. The van der Waals surface area contributed by atoms with Gasteiger partial charge in [-0.15, -0.1) is 23.2 Å². The molecule has 0 bridgehead atoms. The third-order valence-electron chi connectivity index (χ3n) is 3.99. The average molecular weight is 374 g/mol. The Morgan fingerprint density at radius 3 is 2.38 bits per heavy atom. The SMILES string of the molecule is CCNC(=O)CCCOc1ccc(CCC(CCCl)CCCl)cc1. The molecule has 1 rings (SSSR count). The number of ether oxygens (including phenoxy) is 1. The van der Waals surface area contributed by atoms with Gasteiger partial charge in [-0.2, -0.15) is 0 Å². The maximum atomic E-state index is 11.3. The summed E-state index contributed by atoms with van der Waals surface area (Å²) in [4.78, 5) is 11.3. The van der Waals surface area contributed by atoms with Crippen LogP contribution in [-0.2, 0) is 11.2 Å². The highest BCUT2D eigenvalue weighted by Crippen LogP contribution is 2.20. The molecule has 0 aliphatic carbocycles. The molecule has 1 aromatic rings. The van der Waals surface area contributed by atoms with E-state index in [-0.39, 0.29) is 5.91 Å². The molecule has 0 heterocycles. The number of hydrogen-bond acceptors (Lipinski definition) is 2. The van der Waals surface area contributed by atoms with Gasteiger partial charge >= 0.3 is 0 Å². The molecule has 5 heteroatoms. The number of carbonyl (C=O) groups excluding carboxylic acids is 1. The minimum absolute atomic E-state index is 0.0832. The number of alkyl halides is 2. The first-order valence-corrected chi connectivity index (χ1v) is 9.86. The first kappa shape index (κ1) is 21.1. The van der Waals surface area contributed by atoms with Crippen molar-refractivity contribution in [2.45, 2.75) is 45.4 Å². The average Bonchev–Trinajstić information content (AvgIpc) is 2.58. The van der Waals surface area contributed by atoms with Crippen LogP contribution in [0, 0.1) is 5.92 Å². The molecule has 0 radical (unpaired) electrons. The van der Waals surface area contributed by atoms with Gasteiger partial charge in [0, 0.05) is 24.7 Å². The van der Waals surface area contributed by atoms with E-state index >= 15 is 0 Å². The quantitative estimate of drug-likeness (QED) is 0.398. The van der Waals surface area contributed by atoms with E-state index in [0.717, 1.165) is 37.9 Å². The van der Waals surface area contributed by atoms with E-state index < -0.39 is 0 Å². The van der Waals surface area contributed by atoms with Crippen molar-refractivity contribution < 1.29 is 9.53 Å². The topological polar surface area (TPSA) is 38.3 Å². The van der Waals surface area contributed by atoms with Crippen molar-refractivity contribution >= 4 is 29.1 Å². The summed E-state index contributed by atoms with van der Waals surface area (Å²) in [6.45, 7) is 3.16. The van der Waals surface area contributed by atoms with Gasteiger partial charge in [-0.1, -0.05) is 12.1 Å². The normalized spacial score (nSPS) is 10.8. The number of benzene rings is 1. The summed E-state index contributed by atoms with van der Waals surface area (Å²) in [7, 11) is 0. The van der Waals surface area contributed by atoms with Crippen LogP contribution in [0.1, 0.15) is 44.6 Å². The van der Waals surface area contributed by atoms with Crippen molar-refractivity contribution in [3.63, 3.8) is 0 Å². The fourth-order valence-electron chi connectivity index (χ4n) is 2.57. The molecule has 1 N–H and O–H groups in total. The van der Waals surface area contributed by atoms with Gasteiger partial charge in [0.05, 0.1) is 6.61 Å². The number of carbonyl (C=O) groups is 1. The molecule has 0 atom stereocenters. The molecule has 0 aliphatic heterocycles. The summed E-state index contributed by atoms with van der Waals surface area (Å²) < 4.78 is 5.68. The van der Waals surface area contributed by atoms with E-state index in [1.54, 1.807) is 0 Å². The van der Waals surface area contributed by atoms with Gasteiger partial charge in [-0.3, -0.25) is 4.79 Å². The molecule has 0 aromatic heterocycles. The summed E-state index contributed by atoms with van der Waals surface area (Å²) in [5.41, 5.74) is 1.30. The molecule has 3 nitrogen and oxygen atoms in total. The lowest BCUT2D eigenvalue weighted by Gasteiger charge is -2.14. The van der Waals surface area contributed by atoms with Crippen LogP contribution in [0.3, 0.4) is 0 Å². The summed E-state index contributed by atoms with van der Waals surface area (Å²) in [5, 5.41) is 2.78. The van der Waals surface area contributed by atoms with Crippen LogP contribution in [0.4, 0.5) is 0 Å². The summed E-state index contributed by atoms with van der Waals surface area (Å²) in [5.74, 6) is 2.94. The van der Waals surface area contributed by atoms with Crippen LogP contribution in [0.5, 0.6) is 5.75 Å². The highest BCUT2D eigenvalue weighted by molar-refractivity contribution is 6.18. The molecular weight excluding hydrogens is 345 g/mol. The maximum Gasteiger partial charge on any atom is 0.220 e. The van der Waals surface area contributed by atoms with E-state index in [1.807, 2.05) is 19.1 Å². The van der Waals surface area contributed by atoms with Crippen molar-refractivity contribution in [3.05, 3.63) is 29.8 Å².